The van der Waals surface area contributed by atoms with Crippen molar-refractivity contribution >= 4 is 51.7 Å². The Hall–Kier alpha value is -4.24. The van der Waals surface area contributed by atoms with Crippen molar-refractivity contribution in [3.8, 4) is 11.3 Å². The summed E-state index contributed by atoms with van der Waals surface area (Å²) in [7, 11) is 1.28. The van der Waals surface area contributed by atoms with Gasteiger partial charge in [-0.05, 0) is 0 Å². The number of pyridine rings is 1. The molecule has 190 valence electrons. The highest BCUT2D eigenvalue weighted by Gasteiger charge is 2.54. The van der Waals surface area contributed by atoms with E-state index < -0.39 is 29.2 Å². The van der Waals surface area contributed by atoms with Gasteiger partial charge in [0.25, 0.3) is 11.8 Å². The Morgan fingerprint density at radius 3 is 2.84 bits per heavy atom. The average Bonchev–Trinajstić information content (AvgIpc) is 3.58. The number of rotatable bonds is 8. The van der Waals surface area contributed by atoms with E-state index in [1.807, 2.05) is 16.7 Å². The molecular weight excluding hydrogens is 524 g/mol. The maximum absolute atomic E-state index is 13.0. The number of carbonyl (C=O) groups excluding carboxylic acids is 2. The SMILES string of the molecule is CO/N=C(\C(=O)N[C@@H]1C(=O)N2C(C(=O)O)=C(C[n+]3ccc(-c4cnco4)cc3)CS[C@H]12)c1cs[14c](N)n1. The van der Waals surface area contributed by atoms with Gasteiger partial charge in [-0.25, -0.2) is 19.3 Å². The second-order valence-corrected chi connectivity index (χ2v) is 9.93. The molecule has 1 saturated heterocycles. The lowest BCUT2D eigenvalue weighted by molar-refractivity contribution is -0.689. The summed E-state index contributed by atoms with van der Waals surface area (Å²) in [6.07, 6.45) is 6.54. The number of oxazole rings is 1. The van der Waals surface area contributed by atoms with Gasteiger partial charge in [0.15, 0.2) is 41.9 Å². The third-order valence-electron chi connectivity index (χ3n) is 5.68. The molecule has 15 heteroatoms. The number of nitrogens with two attached hydrogens (primary N) is 1. The van der Waals surface area contributed by atoms with Gasteiger partial charge >= 0.3 is 5.97 Å². The fourth-order valence-corrected chi connectivity index (χ4v) is 5.90. The summed E-state index contributed by atoms with van der Waals surface area (Å²) in [4.78, 5) is 52.0. The van der Waals surface area contributed by atoms with Crippen molar-refractivity contribution in [2.24, 2.45) is 5.16 Å². The zero-order valence-electron chi connectivity index (χ0n) is 19.2. The van der Waals surface area contributed by atoms with E-state index >= 15 is 0 Å². The van der Waals surface area contributed by atoms with E-state index in [-0.39, 0.29) is 28.8 Å². The first-order chi connectivity index (χ1) is 17.9. The van der Waals surface area contributed by atoms with Crippen LogP contribution in [0.15, 0.2) is 63.3 Å². The molecule has 0 unspecified atom stereocenters. The number of hydrogen-bond donors (Lipinski definition) is 3. The molecule has 4 N–H and O–H groups in total. The monoisotopic (exact) mass is 544 g/mol. The number of carbonyl (C=O) groups is 3. The van der Waals surface area contributed by atoms with E-state index in [9.17, 15) is 19.5 Å². The van der Waals surface area contributed by atoms with Crippen molar-refractivity contribution in [1.82, 2.24) is 20.2 Å². The number of β-lactam (4-membered cyclic amide) rings is 1. The van der Waals surface area contributed by atoms with Crippen molar-refractivity contribution in [2.45, 2.75) is 18.0 Å². The topological polar surface area (TPSA) is 177 Å². The smallest absolute Gasteiger partial charge is 0.352 e. The number of thioether (sulfide) groups is 1. The molecule has 0 aliphatic carbocycles. The minimum Gasteiger partial charge on any atom is -0.477 e. The van der Waals surface area contributed by atoms with Crippen molar-refractivity contribution < 1.29 is 33.3 Å². The number of oxime groups is 1. The molecule has 1 fully saturated rings. The molecule has 0 spiro atoms. The average molecular weight is 545 g/mol. The van der Waals surface area contributed by atoms with Gasteiger partial charge in [0.2, 0.25) is 0 Å². The normalized spacial score (nSPS) is 19.3. The molecule has 2 amide bonds. The number of anilines is 1. The molecule has 2 aliphatic heterocycles. The van der Waals surface area contributed by atoms with E-state index in [0.29, 0.717) is 17.1 Å². The van der Waals surface area contributed by atoms with E-state index in [2.05, 4.69) is 20.4 Å². The van der Waals surface area contributed by atoms with E-state index in [4.69, 9.17) is 15.0 Å². The molecule has 37 heavy (non-hydrogen) atoms. The third kappa shape index (κ3) is 4.65. The van der Waals surface area contributed by atoms with Gasteiger partial charge in [-0.1, -0.05) is 5.16 Å². The van der Waals surface area contributed by atoms with E-state index in [1.54, 1.807) is 24.0 Å². The lowest BCUT2D eigenvalue weighted by atomic mass is 10.0. The van der Waals surface area contributed by atoms with Crippen LogP contribution in [0.4, 0.5) is 5.13 Å². The van der Waals surface area contributed by atoms with Gasteiger partial charge in [-0.2, -0.15) is 0 Å². The predicted molar refractivity (Wildman–Crippen MR) is 132 cm³/mol. The van der Waals surface area contributed by atoms with Crippen LogP contribution in [0.3, 0.4) is 0 Å². The predicted octanol–water partition coefficient (Wildman–Crippen LogP) is 0.457. The first kappa shape index (κ1) is 24.5. The lowest BCUT2D eigenvalue weighted by Gasteiger charge is -2.49. The molecule has 5 heterocycles. The van der Waals surface area contributed by atoms with Crippen molar-refractivity contribution in [2.75, 3.05) is 18.6 Å². The maximum Gasteiger partial charge on any atom is 0.352 e. The van der Waals surface area contributed by atoms with Crippen LogP contribution in [-0.4, -0.2) is 67.7 Å². The van der Waals surface area contributed by atoms with Crippen LogP contribution in [0.25, 0.3) is 11.3 Å². The number of carboxylic acids is 1. The van der Waals surface area contributed by atoms with Crippen LogP contribution in [0.2, 0.25) is 0 Å². The number of amides is 2. The van der Waals surface area contributed by atoms with Crippen LogP contribution in [-0.2, 0) is 25.8 Å². The van der Waals surface area contributed by atoms with Crippen LogP contribution in [0.5, 0.6) is 0 Å². The summed E-state index contributed by atoms with van der Waals surface area (Å²) in [6, 6.07) is 2.73. The zero-order chi connectivity index (χ0) is 26.1. The van der Waals surface area contributed by atoms with Gasteiger partial charge in [-0.3, -0.25) is 14.5 Å². The zero-order valence-corrected chi connectivity index (χ0v) is 20.9. The second-order valence-electron chi connectivity index (χ2n) is 7.94. The Balaban J connectivity index is 1.32. The minimum atomic E-state index is -1.21. The number of carboxylic acid groups (broad SMARTS) is 1. The molecule has 3 aromatic heterocycles. The molecule has 0 bridgehead atoms. The van der Waals surface area contributed by atoms with Gasteiger partial charge in [-0.15, -0.1) is 23.1 Å². The Kier molecular flexibility index (Phi) is 6.62. The maximum atomic E-state index is 13.0. The highest BCUT2D eigenvalue weighted by atomic mass is 32.2. The number of thiazole rings is 1. The Morgan fingerprint density at radius 2 is 2.22 bits per heavy atom. The number of aliphatic carboxylic acids is 1. The number of hydrogen-bond acceptors (Lipinski definition) is 11. The molecule has 2 aliphatic rings. The van der Waals surface area contributed by atoms with Gasteiger partial charge in [0, 0.05) is 34.4 Å². The van der Waals surface area contributed by atoms with Crippen LogP contribution in [0, 0.1) is 0 Å². The van der Waals surface area contributed by atoms with Gasteiger partial charge < -0.3 is 25.4 Å². The third-order valence-corrected chi connectivity index (χ3v) is 7.69. The van der Waals surface area contributed by atoms with Gasteiger partial charge in [0.05, 0.1) is 6.20 Å². The summed E-state index contributed by atoms with van der Waals surface area (Å²) < 4.78 is 7.10. The van der Waals surface area contributed by atoms with Crippen molar-refractivity contribution in [3.05, 3.63) is 59.5 Å². The standard InChI is InChI=1S/C22H19N7O6S2/c1-34-27-15(13-9-37-22(23)25-13)18(30)26-16-19(31)29-17(21(32)33)12(8-36-20(16)29)7-28-4-2-11(3-5-28)14-6-24-10-35-14/h2-6,9-10,16,20H,7-8H2,1H3,(H3-,23,25,26,30,32,33)/p+1/b27-15-/t16-,20-/m1/s1/i22+2. The Labute approximate surface area is 217 Å². The fraction of sp³-hybridized carbons (Fsp3) is 0.227. The van der Waals surface area contributed by atoms with Gasteiger partial charge in [0.1, 0.15) is 29.9 Å². The highest BCUT2D eigenvalue weighted by Crippen LogP contribution is 2.40. The van der Waals surface area contributed by atoms with Crippen LogP contribution < -0.4 is 15.6 Å². The number of nitrogen functional groups attached to an aromatic ring is 1. The summed E-state index contributed by atoms with van der Waals surface area (Å²) >= 11 is 2.50. The summed E-state index contributed by atoms with van der Waals surface area (Å²) in [5, 5.41) is 17.5. The van der Waals surface area contributed by atoms with Crippen molar-refractivity contribution in [3.63, 3.8) is 0 Å². The molecule has 2 atom stereocenters. The highest BCUT2D eigenvalue weighted by molar-refractivity contribution is 8.00. The second kappa shape index (κ2) is 10.0. The first-order valence-electron chi connectivity index (χ1n) is 10.8. The number of nitrogens with one attached hydrogen (secondary N) is 1. The Bertz CT molecular complexity index is 1420. The molecule has 0 saturated carbocycles. The number of aromatic nitrogens is 3. The van der Waals surface area contributed by atoms with Crippen LogP contribution >= 0.6 is 23.1 Å². The van der Waals surface area contributed by atoms with E-state index in [0.717, 1.165) is 16.9 Å². The molecule has 5 rings (SSSR count). The molecule has 0 aromatic carbocycles. The number of nitrogens with zero attached hydrogens (tertiary/aromatic N) is 5. The quantitative estimate of drug-likeness (QED) is 0.156. The lowest BCUT2D eigenvalue weighted by Crippen LogP contribution is -2.71. The molecule has 0 radical (unpaired) electrons. The fourth-order valence-electron chi connectivity index (χ4n) is 4.01. The minimum absolute atomic E-state index is 0.0795. The molecular formula is C22H20N7O6S2+. The molecule has 13 nitrogen and oxygen atoms in total. The Morgan fingerprint density at radius 1 is 1.43 bits per heavy atom. The van der Waals surface area contributed by atoms with Crippen molar-refractivity contribution in [1.29, 1.82) is 0 Å². The van der Waals surface area contributed by atoms with E-state index in [1.165, 1.54) is 30.2 Å². The largest absolute Gasteiger partial charge is 0.477 e. The first-order valence-corrected chi connectivity index (χ1v) is 12.7. The summed E-state index contributed by atoms with van der Waals surface area (Å²) in [6.45, 7) is 0.273. The number of fused-ring (bicyclic) bond motifs is 1. The summed E-state index contributed by atoms with van der Waals surface area (Å²) in [5.74, 6) is -1.44. The summed E-state index contributed by atoms with van der Waals surface area (Å²) in [5.41, 5.74) is 7.04. The molecule has 3 aromatic rings. The van der Waals surface area contributed by atoms with Crippen LogP contribution in [0.1, 0.15) is 5.69 Å².